The Kier molecular flexibility index (Phi) is 5.62. The van der Waals surface area contributed by atoms with Gasteiger partial charge in [-0.25, -0.2) is 0 Å². The average Bonchev–Trinajstić information content (AvgIpc) is 3.04. The van der Waals surface area contributed by atoms with Crippen LogP contribution in [0.1, 0.15) is 30.4 Å². The third-order valence-electron chi connectivity index (χ3n) is 4.98. The number of hydrogen-bond donors (Lipinski definition) is 1. The first-order valence-electron chi connectivity index (χ1n) is 8.85. The molecule has 0 aliphatic carbocycles. The van der Waals surface area contributed by atoms with Crippen LogP contribution in [0, 0.1) is 12.8 Å². The fourth-order valence-electron chi connectivity index (χ4n) is 3.30. The van der Waals surface area contributed by atoms with Gasteiger partial charge in [0.1, 0.15) is 0 Å². The average molecular weight is 371 g/mol. The summed E-state index contributed by atoms with van der Waals surface area (Å²) in [5, 5.41) is 3.62. The van der Waals surface area contributed by atoms with E-state index in [1.54, 1.807) is 11.0 Å². The van der Waals surface area contributed by atoms with Gasteiger partial charge >= 0.3 is 0 Å². The molecule has 0 radical (unpaired) electrons. The summed E-state index contributed by atoms with van der Waals surface area (Å²) < 4.78 is 0. The van der Waals surface area contributed by atoms with E-state index in [-0.39, 0.29) is 30.1 Å². The first-order valence-corrected chi connectivity index (χ1v) is 9.23. The summed E-state index contributed by atoms with van der Waals surface area (Å²) in [6, 6.07) is 15.6. The van der Waals surface area contributed by atoms with E-state index in [1.165, 1.54) is 5.56 Å². The molecule has 1 saturated heterocycles. The Labute approximate surface area is 159 Å². The van der Waals surface area contributed by atoms with E-state index in [1.807, 2.05) is 37.3 Å². The van der Waals surface area contributed by atoms with E-state index in [0.29, 0.717) is 18.1 Å². The SMILES string of the molecule is Cc1c(Cl)cccc1N1C[C@@H](C(=O)NC[C@@H](C)c2ccccc2)CC1=O. The number of rotatable bonds is 5. The second-order valence-corrected chi connectivity index (χ2v) is 7.25. The predicted octanol–water partition coefficient (Wildman–Crippen LogP) is 3.92. The largest absolute Gasteiger partial charge is 0.355 e. The van der Waals surface area contributed by atoms with Gasteiger partial charge in [-0.3, -0.25) is 9.59 Å². The molecule has 0 saturated carbocycles. The summed E-state index contributed by atoms with van der Waals surface area (Å²) >= 11 is 6.16. The number of amides is 2. The van der Waals surface area contributed by atoms with Gasteiger partial charge in [0.25, 0.3) is 0 Å². The Hall–Kier alpha value is -2.33. The molecule has 4 nitrogen and oxygen atoms in total. The van der Waals surface area contributed by atoms with Gasteiger partial charge in [0.05, 0.1) is 5.92 Å². The molecule has 5 heteroatoms. The second-order valence-electron chi connectivity index (χ2n) is 6.85. The lowest BCUT2D eigenvalue weighted by atomic mass is 10.0. The first kappa shape index (κ1) is 18.5. The fraction of sp³-hybridized carbons (Fsp3) is 0.333. The molecule has 2 atom stereocenters. The molecule has 2 amide bonds. The summed E-state index contributed by atoms with van der Waals surface area (Å²) in [6.45, 7) is 4.92. The molecule has 1 N–H and O–H groups in total. The minimum absolute atomic E-state index is 0.0355. The second kappa shape index (κ2) is 7.92. The van der Waals surface area contributed by atoms with Gasteiger partial charge in [-0.15, -0.1) is 0 Å². The Bertz CT molecular complexity index is 807. The van der Waals surface area contributed by atoms with Crippen molar-refractivity contribution in [2.45, 2.75) is 26.2 Å². The number of halogens is 1. The maximum atomic E-state index is 12.5. The quantitative estimate of drug-likeness (QED) is 0.867. The number of hydrogen-bond acceptors (Lipinski definition) is 2. The Morgan fingerprint density at radius 1 is 1.23 bits per heavy atom. The van der Waals surface area contributed by atoms with E-state index in [9.17, 15) is 9.59 Å². The molecule has 2 aromatic rings. The summed E-state index contributed by atoms with van der Waals surface area (Å²) in [5.41, 5.74) is 2.84. The molecule has 1 aliphatic heterocycles. The van der Waals surface area contributed by atoms with Crippen LogP contribution in [0.5, 0.6) is 0 Å². The third kappa shape index (κ3) is 3.91. The van der Waals surface area contributed by atoms with Gasteiger partial charge in [0.15, 0.2) is 0 Å². The van der Waals surface area contributed by atoms with Crippen molar-refractivity contribution in [1.82, 2.24) is 5.32 Å². The monoisotopic (exact) mass is 370 g/mol. The molecular weight excluding hydrogens is 348 g/mol. The molecule has 0 bridgehead atoms. The first-order chi connectivity index (χ1) is 12.5. The smallest absolute Gasteiger partial charge is 0.227 e. The molecule has 1 fully saturated rings. The van der Waals surface area contributed by atoms with Crippen molar-refractivity contribution in [3.63, 3.8) is 0 Å². The molecule has 0 spiro atoms. The van der Waals surface area contributed by atoms with Crippen molar-refractivity contribution >= 4 is 29.1 Å². The molecule has 0 aromatic heterocycles. The van der Waals surface area contributed by atoms with Crippen LogP contribution >= 0.6 is 11.6 Å². The summed E-state index contributed by atoms with van der Waals surface area (Å²) in [7, 11) is 0. The van der Waals surface area contributed by atoms with E-state index in [4.69, 9.17) is 11.6 Å². The Balaban J connectivity index is 1.61. The lowest BCUT2D eigenvalue weighted by molar-refractivity contribution is -0.126. The highest BCUT2D eigenvalue weighted by Crippen LogP contribution is 2.31. The highest BCUT2D eigenvalue weighted by molar-refractivity contribution is 6.31. The van der Waals surface area contributed by atoms with E-state index < -0.39 is 0 Å². The molecule has 2 aromatic carbocycles. The normalized spacial score (nSPS) is 18.0. The van der Waals surface area contributed by atoms with Crippen LogP contribution in [-0.2, 0) is 9.59 Å². The number of nitrogens with zero attached hydrogens (tertiary/aromatic N) is 1. The molecular formula is C21H23ClN2O2. The van der Waals surface area contributed by atoms with Crippen LogP contribution in [0.25, 0.3) is 0 Å². The van der Waals surface area contributed by atoms with Crippen molar-refractivity contribution in [2.75, 3.05) is 18.0 Å². The van der Waals surface area contributed by atoms with Crippen molar-refractivity contribution in [2.24, 2.45) is 5.92 Å². The molecule has 0 unspecified atom stereocenters. The number of benzene rings is 2. The number of nitrogens with one attached hydrogen (secondary N) is 1. The van der Waals surface area contributed by atoms with Gasteiger partial charge in [-0.2, -0.15) is 0 Å². The lowest BCUT2D eigenvalue weighted by Crippen LogP contribution is -2.35. The Morgan fingerprint density at radius 2 is 1.96 bits per heavy atom. The van der Waals surface area contributed by atoms with Crippen LogP contribution in [0.4, 0.5) is 5.69 Å². The summed E-state index contributed by atoms with van der Waals surface area (Å²) in [5.74, 6) is -0.206. The van der Waals surface area contributed by atoms with Crippen LogP contribution in [0.2, 0.25) is 5.02 Å². The van der Waals surface area contributed by atoms with Gasteiger partial charge in [-0.1, -0.05) is 54.9 Å². The summed E-state index contributed by atoms with van der Waals surface area (Å²) in [4.78, 5) is 26.6. The zero-order chi connectivity index (χ0) is 18.7. The highest BCUT2D eigenvalue weighted by atomic mass is 35.5. The molecule has 1 aliphatic rings. The van der Waals surface area contributed by atoms with Crippen LogP contribution in [0.3, 0.4) is 0 Å². The van der Waals surface area contributed by atoms with E-state index in [2.05, 4.69) is 24.4 Å². The van der Waals surface area contributed by atoms with Crippen LogP contribution < -0.4 is 10.2 Å². The topological polar surface area (TPSA) is 49.4 Å². The minimum Gasteiger partial charge on any atom is -0.355 e. The summed E-state index contributed by atoms with van der Waals surface area (Å²) in [6.07, 6.45) is 0.234. The number of anilines is 1. The van der Waals surface area contributed by atoms with Crippen molar-refractivity contribution in [1.29, 1.82) is 0 Å². The zero-order valence-corrected chi connectivity index (χ0v) is 15.8. The predicted molar refractivity (Wildman–Crippen MR) is 105 cm³/mol. The van der Waals surface area contributed by atoms with E-state index in [0.717, 1.165) is 11.3 Å². The standard InChI is InChI=1S/C21H23ClN2O2/c1-14(16-7-4-3-5-8-16)12-23-21(26)17-11-20(25)24(13-17)19-10-6-9-18(22)15(19)2/h3-10,14,17H,11-13H2,1-2H3,(H,23,26)/t14-,17+/m1/s1. The van der Waals surface area contributed by atoms with Crippen molar-refractivity contribution in [3.05, 3.63) is 64.7 Å². The van der Waals surface area contributed by atoms with Gasteiger partial charge < -0.3 is 10.2 Å². The van der Waals surface area contributed by atoms with Gasteiger partial charge in [0.2, 0.25) is 11.8 Å². The minimum atomic E-state index is -0.330. The van der Waals surface area contributed by atoms with Crippen molar-refractivity contribution in [3.8, 4) is 0 Å². The van der Waals surface area contributed by atoms with Gasteiger partial charge in [0, 0.05) is 30.2 Å². The molecule has 3 rings (SSSR count). The lowest BCUT2D eigenvalue weighted by Gasteiger charge is -2.20. The molecule has 26 heavy (non-hydrogen) atoms. The molecule has 1 heterocycles. The molecule has 136 valence electrons. The highest BCUT2D eigenvalue weighted by Gasteiger charge is 2.35. The van der Waals surface area contributed by atoms with E-state index >= 15 is 0 Å². The van der Waals surface area contributed by atoms with Crippen LogP contribution in [-0.4, -0.2) is 24.9 Å². The van der Waals surface area contributed by atoms with Crippen LogP contribution in [0.15, 0.2) is 48.5 Å². The number of carbonyl (C=O) groups excluding carboxylic acids is 2. The zero-order valence-electron chi connectivity index (χ0n) is 15.0. The third-order valence-corrected chi connectivity index (χ3v) is 5.39. The van der Waals surface area contributed by atoms with Gasteiger partial charge in [-0.05, 0) is 36.1 Å². The Morgan fingerprint density at radius 3 is 2.69 bits per heavy atom. The van der Waals surface area contributed by atoms with Crippen molar-refractivity contribution < 1.29 is 9.59 Å². The fourth-order valence-corrected chi connectivity index (χ4v) is 3.47. The number of carbonyl (C=O) groups is 2. The maximum Gasteiger partial charge on any atom is 0.227 e. The maximum absolute atomic E-state index is 12.5.